The van der Waals surface area contributed by atoms with Crippen molar-refractivity contribution in [2.45, 2.75) is 31.7 Å². The number of hydrogen-bond acceptors (Lipinski definition) is 4. The van der Waals surface area contributed by atoms with Crippen molar-refractivity contribution < 1.29 is 9.90 Å². The van der Waals surface area contributed by atoms with Gasteiger partial charge in [0.15, 0.2) is 0 Å². The molecule has 23 heavy (non-hydrogen) atoms. The summed E-state index contributed by atoms with van der Waals surface area (Å²) in [6.45, 7) is 3.88. The molecule has 5 heteroatoms. The molecule has 2 aliphatic rings. The van der Waals surface area contributed by atoms with E-state index in [4.69, 9.17) is 5.11 Å². The van der Waals surface area contributed by atoms with Crippen LogP contribution in [0, 0.1) is 5.92 Å². The maximum Gasteiger partial charge on any atom is 0.251 e. The summed E-state index contributed by atoms with van der Waals surface area (Å²) in [7, 11) is 0. The molecule has 1 amide bonds. The number of amides is 1. The third kappa shape index (κ3) is 4.94. The van der Waals surface area contributed by atoms with Crippen LogP contribution in [0.3, 0.4) is 0 Å². The van der Waals surface area contributed by atoms with Crippen LogP contribution < -0.4 is 10.6 Å². The van der Waals surface area contributed by atoms with E-state index in [1.165, 1.54) is 32.5 Å². The summed E-state index contributed by atoms with van der Waals surface area (Å²) in [6.07, 6.45) is 5.16. The zero-order valence-corrected chi connectivity index (χ0v) is 13.6. The first-order valence-corrected chi connectivity index (χ1v) is 8.72. The largest absolute Gasteiger partial charge is 0.395 e. The van der Waals surface area contributed by atoms with E-state index in [0.29, 0.717) is 11.6 Å². The van der Waals surface area contributed by atoms with E-state index in [2.05, 4.69) is 15.5 Å². The van der Waals surface area contributed by atoms with Crippen molar-refractivity contribution in [3.8, 4) is 0 Å². The van der Waals surface area contributed by atoms with Crippen molar-refractivity contribution in [3.05, 3.63) is 29.8 Å². The molecule has 5 nitrogen and oxygen atoms in total. The number of piperidine rings is 1. The molecule has 2 fully saturated rings. The van der Waals surface area contributed by atoms with Crippen LogP contribution in [0.5, 0.6) is 0 Å². The summed E-state index contributed by atoms with van der Waals surface area (Å²) < 4.78 is 0. The number of aliphatic hydroxyl groups excluding tert-OH is 1. The Morgan fingerprint density at radius 1 is 1.22 bits per heavy atom. The SMILES string of the molecule is O=C(NCCO)c1cccc(NC2CCN(CC3CC3)CC2)c1. The number of anilines is 1. The Kier molecular flexibility index (Phi) is 5.51. The fraction of sp³-hybridized carbons (Fsp3) is 0.611. The molecule has 1 aromatic rings. The molecule has 0 atom stereocenters. The number of aliphatic hydroxyl groups is 1. The monoisotopic (exact) mass is 317 g/mol. The van der Waals surface area contributed by atoms with Crippen LogP contribution in [0.4, 0.5) is 5.69 Å². The standard InChI is InChI=1S/C18H27N3O2/c22-11-8-19-18(23)15-2-1-3-17(12-15)20-16-6-9-21(10-7-16)13-14-4-5-14/h1-3,12,14,16,20,22H,4-11,13H2,(H,19,23). The molecule has 126 valence electrons. The van der Waals surface area contributed by atoms with Gasteiger partial charge in [0.05, 0.1) is 6.61 Å². The van der Waals surface area contributed by atoms with Gasteiger partial charge in [0.1, 0.15) is 0 Å². The maximum atomic E-state index is 11.9. The third-order valence-electron chi connectivity index (χ3n) is 4.69. The van der Waals surface area contributed by atoms with E-state index in [-0.39, 0.29) is 19.1 Å². The third-order valence-corrected chi connectivity index (χ3v) is 4.69. The summed E-state index contributed by atoms with van der Waals surface area (Å²) in [5.41, 5.74) is 1.64. The highest BCUT2D eigenvalue weighted by Gasteiger charge is 2.27. The summed E-state index contributed by atoms with van der Waals surface area (Å²) in [4.78, 5) is 14.5. The zero-order chi connectivity index (χ0) is 16.1. The van der Waals surface area contributed by atoms with Gasteiger partial charge in [-0.2, -0.15) is 0 Å². The number of benzene rings is 1. The van der Waals surface area contributed by atoms with Crippen molar-refractivity contribution in [2.24, 2.45) is 5.92 Å². The molecule has 0 aromatic heterocycles. The lowest BCUT2D eigenvalue weighted by atomic mass is 10.0. The Labute approximate surface area is 138 Å². The lowest BCUT2D eigenvalue weighted by Crippen LogP contribution is -2.40. The number of carbonyl (C=O) groups excluding carboxylic acids is 1. The minimum absolute atomic E-state index is 0.0386. The zero-order valence-electron chi connectivity index (χ0n) is 13.6. The van der Waals surface area contributed by atoms with E-state index in [0.717, 1.165) is 24.4 Å². The van der Waals surface area contributed by atoms with Crippen LogP contribution in [-0.2, 0) is 0 Å². The second-order valence-corrected chi connectivity index (χ2v) is 6.72. The second-order valence-electron chi connectivity index (χ2n) is 6.72. The number of carbonyl (C=O) groups is 1. The van der Waals surface area contributed by atoms with Crippen LogP contribution in [0.2, 0.25) is 0 Å². The fourth-order valence-corrected chi connectivity index (χ4v) is 3.18. The summed E-state index contributed by atoms with van der Waals surface area (Å²) in [5.74, 6) is 0.829. The molecule has 1 aliphatic heterocycles. The molecule has 3 N–H and O–H groups in total. The Morgan fingerprint density at radius 2 is 2.00 bits per heavy atom. The van der Waals surface area contributed by atoms with E-state index in [1.807, 2.05) is 18.2 Å². The van der Waals surface area contributed by atoms with Crippen molar-refractivity contribution in [2.75, 3.05) is 38.1 Å². The molecule has 0 bridgehead atoms. The van der Waals surface area contributed by atoms with E-state index >= 15 is 0 Å². The molecule has 1 saturated heterocycles. The Hall–Kier alpha value is -1.59. The molecule has 0 radical (unpaired) electrons. The predicted octanol–water partition coefficient (Wildman–Crippen LogP) is 1.69. The summed E-state index contributed by atoms with van der Waals surface area (Å²) in [6, 6.07) is 8.10. The van der Waals surface area contributed by atoms with Gasteiger partial charge in [-0.1, -0.05) is 6.07 Å². The number of rotatable bonds is 7. The molecule has 0 unspecified atom stereocenters. The van der Waals surface area contributed by atoms with Gasteiger partial charge in [-0.3, -0.25) is 4.79 Å². The highest BCUT2D eigenvalue weighted by atomic mass is 16.3. The van der Waals surface area contributed by atoms with Crippen LogP contribution in [0.15, 0.2) is 24.3 Å². The van der Waals surface area contributed by atoms with Crippen molar-refractivity contribution in [3.63, 3.8) is 0 Å². The average Bonchev–Trinajstić information content (AvgIpc) is 3.39. The summed E-state index contributed by atoms with van der Waals surface area (Å²) in [5, 5.41) is 15.0. The van der Waals surface area contributed by atoms with Gasteiger partial charge in [0.25, 0.3) is 5.91 Å². The normalized spacial score (nSPS) is 19.5. The average molecular weight is 317 g/mol. The quantitative estimate of drug-likeness (QED) is 0.716. The number of likely N-dealkylation sites (tertiary alicyclic amines) is 1. The molecule has 1 saturated carbocycles. The summed E-state index contributed by atoms with van der Waals surface area (Å²) >= 11 is 0. The van der Waals surface area contributed by atoms with Crippen LogP contribution in [-0.4, -0.2) is 54.7 Å². The van der Waals surface area contributed by atoms with Gasteiger partial charge >= 0.3 is 0 Å². The smallest absolute Gasteiger partial charge is 0.251 e. The minimum Gasteiger partial charge on any atom is -0.395 e. The molecule has 3 rings (SSSR count). The second kappa shape index (κ2) is 7.79. The molecular weight excluding hydrogens is 290 g/mol. The van der Waals surface area contributed by atoms with Gasteiger partial charge in [-0.05, 0) is 49.8 Å². The lowest BCUT2D eigenvalue weighted by Gasteiger charge is -2.33. The van der Waals surface area contributed by atoms with Crippen molar-refractivity contribution in [1.82, 2.24) is 10.2 Å². The molecule has 1 aromatic carbocycles. The van der Waals surface area contributed by atoms with Crippen molar-refractivity contribution in [1.29, 1.82) is 0 Å². The highest BCUT2D eigenvalue weighted by Crippen LogP contribution is 2.30. The van der Waals surface area contributed by atoms with Gasteiger partial charge in [0, 0.05) is 43.5 Å². The van der Waals surface area contributed by atoms with E-state index < -0.39 is 0 Å². The van der Waals surface area contributed by atoms with Gasteiger partial charge in [-0.25, -0.2) is 0 Å². The molecular formula is C18H27N3O2. The number of nitrogens with zero attached hydrogens (tertiary/aromatic N) is 1. The van der Waals surface area contributed by atoms with Crippen LogP contribution in [0.25, 0.3) is 0 Å². The first kappa shape index (κ1) is 16.3. The minimum atomic E-state index is -0.137. The Morgan fingerprint density at radius 3 is 2.70 bits per heavy atom. The van der Waals surface area contributed by atoms with Crippen LogP contribution >= 0.6 is 0 Å². The van der Waals surface area contributed by atoms with Gasteiger partial charge in [-0.15, -0.1) is 0 Å². The van der Waals surface area contributed by atoms with E-state index in [1.54, 1.807) is 6.07 Å². The van der Waals surface area contributed by atoms with Crippen molar-refractivity contribution >= 4 is 11.6 Å². The Bertz CT molecular complexity index is 523. The lowest BCUT2D eigenvalue weighted by molar-refractivity contribution is 0.0945. The highest BCUT2D eigenvalue weighted by molar-refractivity contribution is 5.95. The van der Waals surface area contributed by atoms with Crippen LogP contribution in [0.1, 0.15) is 36.0 Å². The predicted molar refractivity (Wildman–Crippen MR) is 91.7 cm³/mol. The molecule has 1 heterocycles. The number of hydrogen-bond donors (Lipinski definition) is 3. The molecule has 1 aliphatic carbocycles. The fourth-order valence-electron chi connectivity index (χ4n) is 3.18. The maximum absolute atomic E-state index is 11.9. The first-order valence-electron chi connectivity index (χ1n) is 8.72. The Balaban J connectivity index is 1.49. The molecule has 0 spiro atoms. The first-order chi connectivity index (χ1) is 11.2. The van der Waals surface area contributed by atoms with Gasteiger partial charge in [0.2, 0.25) is 0 Å². The topological polar surface area (TPSA) is 64.6 Å². The number of nitrogens with one attached hydrogen (secondary N) is 2. The van der Waals surface area contributed by atoms with Gasteiger partial charge < -0.3 is 20.6 Å². The van der Waals surface area contributed by atoms with E-state index in [9.17, 15) is 4.79 Å².